The second kappa shape index (κ2) is 9.48. The summed E-state index contributed by atoms with van der Waals surface area (Å²) < 4.78 is 1.44. The molecule has 1 saturated carbocycles. The van der Waals surface area contributed by atoms with Crippen LogP contribution in [0, 0.1) is 11.8 Å². The van der Waals surface area contributed by atoms with E-state index in [9.17, 15) is 4.79 Å². The van der Waals surface area contributed by atoms with Crippen molar-refractivity contribution >= 4 is 33.0 Å². The third-order valence-electron chi connectivity index (χ3n) is 6.95. The fraction of sp³-hybridized carbons (Fsp3) is 0.625. The fourth-order valence-corrected chi connectivity index (χ4v) is 5.90. The number of rotatable bonds is 6. The Hall–Kier alpha value is -1.59. The topological polar surface area (TPSA) is 26.8 Å². The molecule has 2 aliphatic rings. The Morgan fingerprint density at radius 1 is 1.03 bits per heavy atom. The maximum absolute atomic E-state index is 11.9. The van der Waals surface area contributed by atoms with Crippen molar-refractivity contribution in [3.63, 3.8) is 0 Å². The summed E-state index contributed by atoms with van der Waals surface area (Å²) in [6.45, 7) is 5.86. The highest BCUT2D eigenvalue weighted by atomic mass is 32.1. The zero-order chi connectivity index (χ0) is 20.2. The van der Waals surface area contributed by atoms with E-state index in [2.05, 4.69) is 39.4 Å². The monoisotopic (exact) mass is 413 g/mol. The van der Waals surface area contributed by atoms with E-state index in [0.717, 1.165) is 25.4 Å². The number of benzene rings is 1. The van der Waals surface area contributed by atoms with E-state index in [1.165, 1.54) is 67.5 Å². The number of nitrogens with zero attached hydrogens (tertiary/aromatic N) is 3. The van der Waals surface area contributed by atoms with Crippen LogP contribution in [-0.2, 0) is 4.79 Å². The van der Waals surface area contributed by atoms with E-state index in [1.54, 1.807) is 4.90 Å². The van der Waals surface area contributed by atoms with E-state index < -0.39 is 0 Å². The zero-order valence-corrected chi connectivity index (χ0v) is 18.8. The number of amides is 1. The number of piperazine rings is 1. The standard InChI is InChI=1S/C24H35N3OS/c1-25(2)23(28)18-20-8-6-19(7-9-20)10-12-26-13-15-27(16-14-26)22-5-3-4-21-11-17-29-24(21)22/h3-5,11,17,19-20H,6-10,12-16,18H2,1-2H3. The molecule has 2 aromatic rings. The van der Waals surface area contributed by atoms with Gasteiger partial charge in [-0.3, -0.25) is 9.69 Å². The van der Waals surface area contributed by atoms with Crippen molar-refractivity contribution in [1.82, 2.24) is 9.80 Å². The molecule has 1 aliphatic carbocycles. The Morgan fingerprint density at radius 3 is 2.48 bits per heavy atom. The molecule has 0 radical (unpaired) electrons. The predicted molar refractivity (Wildman–Crippen MR) is 124 cm³/mol. The first-order valence-corrected chi connectivity index (χ1v) is 12.1. The number of anilines is 1. The van der Waals surface area contributed by atoms with Gasteiger partial charge in [0.1, 0.15) is 0 Å². The highest BCUT2D eigenvalue weighted by Gasteiger charge is 2.25. The Bertz CT molecular complexity index is 801. The molecular formula is C24H35N3OS. The summed E-state index contributed by atoms with van der Waals surface area (Å²) in [4.78, 5) is 18.9. The largest absolute Gasteiger partial charge is 0.368 e. The molecule has 29 heavy (non-hydrogen) atoms. The molecule has 158 valence electrons. The molecule has 2 heterocycles. The molecule has 0 N–H and O–H groups in total. The first kappa shape index (κ1) is 20.7. The van der Waals surface area contributed by atoms with E-state index >= 15 is 0 Å². The molecule has 2 fully saturated rings. The maximum atomic E-state index is 11.9. The van der Waals surface area contributed by atoms with Gasteiger partial charge in [-0.2, -0.15) is 0 Å². The van der Waals surface area contributed by atoms with Crippen LogP contribution in [0.3, 0.4) is 0 Å². The van der Waals surface area contributed by atoms with Crippen LogP contribution >= 0.6 is 11.3 Å². The van der Waals surface area contributed by atoms with Gasteiger partial charge in [-0.15, -0.1) is 11.3 Å². The van der Waals surface area contributed by atoms with Gasteiger partial charge in [0.2, 0.25) is 5.91 Å². The van der Waals surface area contributed by atoms with Crippen LogP contribution in [0.1, 0.15) is 38.5 Å². The molecule has 0 spiro atoms. The van der Waals surface area contributed by atoms with Gasteiger partial charge in [0.15, 0.2) is 0 Å². The third kappa shape index (κ3) is 5.13. The van der Waals surface area contributed by atoms with Gasteiger partial charge in [-0.25, -0.2) is 0 Å². The van der Waals surface area contributed by atoms with Gasteiger partial charge < -0.3 is 9.80 Å². The number of carbonyl (C=O) groups is 1. The van der Waals surface area contributed by atoms with Gasteiger partial charge in [-0.05, 0) is 60.5 Å². The molecule has 0 bridgehead atoms. The number of hydrogen-bond donors (Lipinski definition) is 0. The average molecular weight is 414 g/mol. The lowest BCUT2D eigenvalue weighted by atomic mass is 9.79. The Kier molecular flexibility index (Phi) is 6.76. The minimum atomic E-state index is 0.296. The summed E-state index contributed by atoms with van der Waals surface area (Å²) in [5, 5.41) is 3.58. The molecule has 1 aliphatic heterocycles. The molecule has 0 atom stereocenters. The predicted octanol–water partition coefficient (Wildman–Crippen LogP) is 4.70. The summed E-state index contributed by atoms with van der Waals surface area (Å²) in [6.07, 6.45) is 7.18. The molecule has 0 unspecified atom stereocenters. The van der Waals surface area contributed by atoms with E-state index in [4.69, 9.17) is 0 Å². The van der Waals surface area contributed by atoms with Gasteiger partial charge >= 0.3 is 0 Å². The summed E-state index contributed by atoms with van der Waals surface area (Å²) in [6, 6.07) is 8.93. The van der Waals surface area contributed by atoms with Crippen molar-refractivity contribution in [2.45, 2.75) is 38.5 Å². The van der Waals surface area contributed by atoms with Crippen LogP contribution in [0.4, 0.5) is 5.69 Å². The quantitative estimate of drug-likeness (QED) is 0.687. The molecule has 4 rings (SSSR count). The number of hydrogen-bond acceptors (Lipinski definition) is 4. The van der Waals surface area contributed by atoms with Crippen molar-refractivity contribution in [3.8, 4) is 0 Å². The summed E-state index contributed by atoms with van der Waals surface area (Å²) in [7, 11) is 3.74. The van der Waals surface area contributed by atoms with E-state index in [-0.39, 0.29) is 0 Å². The highest BCUT2D eigenvalue weighted by Crippen LogP contribution is 2.34. The van der Waals surface area contributed by atoms with E-state index in [0.29, 0.717) is 11.8 Å². The second-order valence-corrected chi connectivity index (χ2v) is 10.0. The van der Waals surface area contributed by atoms with Crippen LogP contribution < -0.4 is 4.90 Å². The Labute approximate surface area is 179 Å². The van der Waals surface area contributed by atoms with Crippen LogP contribution in [0.15, 0.2) is 29.6 Å². The summed E-state index contributed by atoms with van der Waals surface area (Å²) in [5.41, 5.74) is 1.42. The summed E-state index contributed by atoms with van der Waals surface area (Å²) >= 11 is 1.86. The first-order valence-electron chi connectivity index (χ1n) is 11.2. The van der Waals surface area contributed by atoms with E-state index in [1.807, 2.05) is 25.4 Å². The summed E-state index contributed by atoms with van der Waals surface area (Å²) in [5.74, 6) is 1.77. The average Bonchev–Trinajstić information content (AvgIpc) is 3.22. The van der Waals surface area contributed by atoms with Crippen molar-refractivity contribution in [2.75, 3.05) is 51.7 Å². The third-order valence-corrected chi connectivity index (χ3v) is 7.91. The van der Waals surface area contributed by atoms with Gasteiger partial charge in [-0.1, -0.05) is 25.0 Å². The van der Waals surface area contributed by atoms with Crippen LogP contribution in [0.5, 0.6) is 0 Å². The van der Waals surface area contributed by atoms with Crippen molar-refractivity contribution in [1.29, 1.82) is 0 Å². The zero-order valence-electron chi connectivity index (χ0n) is 18.0. The first-order chi connectivity index (χ1) is 14.1. The Balaban J connectivity index is 1.18. The SMILES string of the molecule is CN(C)C(=O)CC1CCC(CCN2CCN(c3cccc4ccsc34)CC2)CC1. The highest BCUT2D eigenvalue weighted by molar-refractivity contribution is 7.17. The van der Waals surface area contributed by atoms with Crippen LogP contribution in [0.25, 0.3) is 10.1 Å². The molecular weight excluding hydrogens is 378 g/mol. The normalized spacial score (nSPS) is 23.4. The van der Waals surface area contributed by atoms with Crippen molar-refractivity contribution < 1.29 is 4.79 Å². The molecule has 1 aromatic heterocycles. The van der Waals surface area contributed by atoms with Crippen molar-refractivity contribution in [3.05, 3.63) is 29.6 Å². The fourth-order valence-electron chi connectivity index (χ4n) is 4.96. The number of carbonyl (C=O) groups excluding carboxylic acids is 1. The van der Waals surface area contributed by atoms with Gasteiger partial charge in [0, 0.05) is 46.7 Å². The number of fused-ring (bicyclic) bond motifs is 1. The molecule has 1 saturated heterocycles. The lowest BCUT2D eigenvalue weighted by molar-refractivity contribution is -0.130. The van der Waals surface area contributed by atoms with Crippen LogP contribution in [-0.4, -0.2) is 62.5 Å². The molecule has 1 amide bonds. The van der Waals surface area contributed by atoms with Gasteiger partial charge in [0.25, 0.3) is 0 Å². The van der Waals surface area contributed by atoms with Crippen molar-refractivity contribution in [2.24, 2.45) is 11.8 Å². The molecule has 4 nitrogen and oxygen atoms in total. The lowest BCUT2D eigenvalue weighted by Gasteiger charge is -2.37. The minimum Gasteiger partial charge on any atom is -0.368 e. The van der Waals surface area contributed by atoms with Crippen LogP contribution in [0.2, 0.25) is 0 Å². The second-order valence-electron chi connectivity index (χ2n) is 9.11. The number of thiophene rings is 1. The lowest BCUT2D eigenvalue weighted by Crippen LogP contribution is -2.47. The maximum Gasteiger partial charge on any atom is 0.222 e. The molecule has 5 heteroatoms. The smallest absolute Gasteiger partial charge is 0.222 e. The minimum absolute atomic E-state index is 0.296. The Morgan fingerprint density at radius 2 is 1.76 bits per heavy atom. The van der Waals surface area contributed by atoms with Gasteiger partial charge in [0.05, 0.1) is 10.4 Å². The molecule has 1 aromatic carbocycles.